The molecular formula is C9H18N2O. The summed E-state index contributed by atoms with van der Waals surface area (Å²) in [6.07, 6.45) is 1.48. The third kappa shape index (κ3) is 7.28. The SMILES string of the molecule is C=C(C)CNC(=O)CCCNC. The van der Waals surface area contributed by atoms with Gasteiger partial charge in [0.1, 0.15) is 0 Å². The normalized spacial score (nSPS) is 9.50. The standard InChI is InChI=1S/C9H18N2O/c1-8(2)7-11-9(12)5-4-6-10-3/h10H,1,4-7H2,2-3H3,(H,11,12). The van der Waals surface area contributed by atoms with Gasteiger partial charge < -0.3 is 10.6 Å². The molecule has 0 saturated carbocycles. The van der Waals surface area contributed by atoms with Gasteiger partial charge in [0.25, 0.3) is 0 Å². The topological polar surface area (TPSA) is 41.1 Å². The summed E-state index contributed by atoms with van der Waals surface area (Å²) >= 11 is 0. The zero-order chi connectivity index (χ0) is 9.40. The van der Waals surface area contributed by atoms with Crippen molar-refractivity contribution in [1.82, 2.24) is 10.6 Å². The van der Waals surface area contributed by atoms with Gasteiger partial charge in [0, 0.05) is 13.0 Å². The molecule has 0 saturated heterocycles. The summed E-state index contributed by atoms with van der Waals surface area (Å²) in [6.45, 7) is 7.08. The first kappa shape index (κ1) is 11.2. The minimum atomic E-state index is 0.105. The van der Waals surface area contributed by atoms with E-state index in [1.54, 1.807) is 0 Å². The molecule has 1 amide bonds. The van der Waals surface area contributed by atoms with Crippen LogP contribution in [0.4, 0.5) is 0 Å². The lowest BCUT2D eigenvalue weighted by atomic mass is 10.3. The average molecular weight is 170 g/mol. The number of hydrogen-bond donors (Lipinski definition) is 2. The number of carbonyl (C=O) groups excluding carboxylic acids is 1. The molecule has 0 unspecified atom stereocenters. The van der Waals surface area contributed by atoms with Crippen LogP contribution >= 0.6 is 0 Å². The third-order valence-corrected chi connectivity index (χ3v) is 1.42. The average Bonchev–Trinajstić information content (AvgIpc) is 2.01. The Bertz CT molecular complexity index is 155. The van der Waals surface area contributed by atoms with Crippen LogP contribution in [0.25, 0.3) is 0 Å². The number of amides is 1. The molecule has 0 aliphatic heterocycles. The van der Waals surface area contributed by atoms with Crippen molar-refractivity contribution in [3.05, 3.63) is 12.2 Å². The van der Waals surface area contributed by atoms with Crippen molar-refractivity contribution in [2.75, 3.05) is 20.1 Å². The molecule has 0 radical (unpaired) electrons. The van der Waals surface area contributed by atoms with E-state index in [4.69, 9.17) is 0 Å². The lowest BCUT2D eigenvalue weighted by molar-refractivity contribution is -0.121. The molecule has 0 aromatic carbocycles. The van der Waals surface area contributed by atoms with E-state index in [2.05, 4.69) is 17.2 Å². The number of rotatable bonds is 6. The first-order chi connectivity index (χ1) is 5.66. The van der Waals surface area contributed by atoms with Gasteiger partial charge in [0.2, 0.25) is 5.91 Å². The Morgan fingerprint density at radius 2 is 2.17 bits per heavy atom. The quantitative estimate of drug-likeness (QED) is 0.454. The van der Waals surface area contributed by atoms with Crippen LogP contribution in [-0.4, -0.2) is 26.0 Å². The van der Waals surface area contributed by atoms with Gasteiger partial charge in [-0.2, -0.15) is 0 Å². The van der Waals surface area contributed by atoms with Crippen molar-refractivity contribution < 1.29 is 4.79 Å². The zero-order valence-corrected chi connectivity index (χ0v) is 7.94. The summed E-state index contributed by atoms with van der Waals surface area (Å²) < 4.78 is 0. The van der Waals surface area contributed by atoms with Crippen molar-refractivity contribution in [3.8, 4) is 0 Å². The van der Waals surface area contributed by atoms with Crippen LogP contribution in [0.1, 0.15) is 19.8 Å². The molecule has 3 heteroatoms. The minimum absolute atomic E-state index is 0.105. The van der Waals surface area contributed by atoms with E-state index in [1.165, 1.54) is 0 Å². The fourth-order valence-electron chi connectivity index (χ4n) is 0.764. The Balaban J connectivity index is 3.28. The Morgan fingerprint density at radius 3 is 2.67 bits per heavy atom. The van der Waals surface area contributed by atoms with Crippen LogP contribution in [0.2, 0.25) is 0 Å². The minimum Gasteiger partial charge on any atom is -0.352 e. The van der Waals surface area contributed by atoms with Crippen LogP contribution in [0.15, 0.2) is 12.2 Å². The maximum atomic E-state index is 11.0. The first-order valence-corrected chi connectivity index (χ1v) is 4.22. The van der Waals surface area contributed by atoms with Crippen molar-refractivity contribution in [1.29, 1.82) is 0 Å². The second-order valence-electron chi connectivity index (χ2n) is 2.94. The molecule has 0 aromatic rings. The summed E-state index contributed by atoms with van der Waals surface area (Å²) in [5.41, 5.74) is 0.983. The van der Waals surface area contributed by atoms with E-state index in [1.807, 2.05) is 14.0 Å². The lowest BCUT2D eigenvalue weighted by Crippen LogP contribution is -2.25. The van der Waals surface area contributed by atoms with Gasteiger partial charge in [-0.05, 0) is 26.9 Å². The fraction of sp³-hybridized carbons (Fsp3) is 0.667. The highest BCUT2D eigenvalue weighted by Gasteiger charge is 1.98. The summed E-state index contributed by atoms with van der Waals surface area (Å²) in [7, 11) is 1.88. The molecule has 0 spiro atoms. The van der Waals surface area contributed by atoms with E-state index in [9.17, 15) is 4.79 Å². The summed E-state index contributed by atoms with van der Waals surface area (Å²) in [5, 5.41) is 5.77. The molecule has 0 rings (SSSR count). The van der Waals surface area contributed by atoms with Gasteiger partial charge in [-0.25, -0.2) is 0 Å². The highest BCUT2D eigenvalue weighted by Crippen LogP contribution is 1.88. The molecule has 70 valence electrons. The van der Waals surface area contributed by atoms with Crippen LogP contribution in [0.3, 0.4) is 0 Å². The van der Waals surface area contributed by atoms with Gasteiger partial charge in [-0.1, -0.05) is 12.2 Å². The molecule has 3 nitrogen and oxygen atoms in total. The lowest BCUT2D eigenvalue weighted by Gasteiger charge is -2.03. The number of carbonyl (C=O) groups is 1. The van der Waals surface area contributed by atoms with E-state index < -0.39 is 0 Å². The maximum absolute atomic E-state index is 11.0. The Labute approximate surface area is 74.2 Å². The molecule has 0 aliphatic rings. The van der Waals surface area contributed by atoms with Gasteiger partial charge in [-0.15, -0.1) is 0 Å². The molecule has 0 heterocycles. The van der Waals surface area contributed by atoms with Gasteiger partial charge in [0.05, 0.1) is 0 Å². The Morgan fingerprint density at radius 1 is 1.50 bits per heavy atom. The third-order valence-electron chi connectivity index (χ3n) is 1.42. The maximum Gasteiger partial charge on any atom is 0.220 e. The van der Waals surface area contributed by atoms with E-state index in [0.717, 1.165) is 18.5 Å². The summed E-state index contributed by atoms with van der Waals surface area (Å²) in [5.74, 6) is 0.105. The molecule has 2 N–H and O–H groups in total. The Hall–Kier alpha value is -0.830. The Kier molecular flexibility index (Phi) is 6.38. The molecule has 12 heavy (non-hydrogen) atoms. The predicted molar refractivity (Wildman–Crippen MR) is 51.0 cm³/mol. The first-order valence-electron chi connectivity index (χ1n) is 4.22. The van der Waals surface area contributed by atoms with Crippen LogP contribution in [0.5, 0.6) is 0 Å². The van der Waals surface area contributed by atoms with E-state index >= 15 is 0 Å². The van der Waals surface area contributed by atoms with Gasteiger partial charge in [-0.3, -0.25) is 4.79 Å². The highest BCUT2D eigenvalue weighted by molar-refractivity contribution is 5.76. The summed E-state index contributed by atoms with van der Waals surface area (Å²) in [4.78, 5) is 11.0. The second kappa shape index (κ2) is 6.85. The molecule has 0 bridgehead atoms. The van der Waals surface area contributed by atoms with Crippen LogP contribution in [0, 0.1) is 0 Å². The largest absolute Gasteiger partial charge is 0.352 e. The van der Waals surface area contributed by atoms with Gasteiger partial charge >= 0.3 is 0 Å². The van der Waals surface area contributed by atoms with E-state index in [0.29, 0.717) is 13.0 Å². The second-order valence-corrected chi connectivity index (χ2v) is 2.94. The molecule has 0 aliphatic carbocycles. The molecule has 0 atom stereocenters. The van der Waals surface area contributed by atoms with Crippen molar-refractivity contribution in [2.24, 2.45) is 0 Å². The highest BCUT2D eigenvalue weighted by atomic mass is 16.1. The fourth-order valence-corrected chi connectivity index (χ4v) is 0.764. The van der Waals surface area contributed by atoms with Crippen molar-refractivity contribution >= 4 is 5.91 Å². The molecule has 0 aromatic heterocycles. The van der Waals surface area contributed by atoms with Gasteiger partial charge in [0.15, 0.2) is 0 Å². The number of nitrogens with one attached hydrogen (secondary N) is 2. The van der Waals surface area contributed by atoms with Crippen LogP contribution in [-0.2, 0) is 4.79 Å². The summed E-state index contributed by atoms with van der Waals surface area (Å²) in [6, 6.07) is 0. The smallest absolute Gasteiger partial charge is 0.220 e. The predicted octanol–water partition coefficient (Wildman–Crippen LogP) is 0.678. The van der Waals surface area contributed by atoms with Crippen molar-refractivity contribution in [3.63, 3.8) is 0 Å². The molecule has 0 fully saturated rings. The van der Waals surface area contributed by atoms with Crippen molar-refractivity contribution in [2.45, 2.75) is 19.8 Å². The number of hydrogen-bond acceptors (Lipinski definition) is 2. The zero-order valence-electron chi connectivity index (χ0n) is 7.94. The van der Waals surface area contributed by atoms with Crippen LogP contribution < -0.4 is 10.6 Å². The van der Waals surface area contributed by atoms with E-state index in [-0.39, 0.29) is 5.91 Å². The molecular weight excluding hydrogens is 152 g/mol. The monoisotopic (exact) mass is 170 g/mol.